The van der Waals surface area contributed by atoms with Crippen molar-refractivity contribution in [1.82, 2.24) is 0 Å². The van der Waals surface area contributed by atoms with Crippen LogP contribution in [0.3, 0.4) is 0 Å². The number of hydrogen-bond donors (Lipinski definition) is 2. The van der Waals surface area contributed by atoms with Crippen molar-refractivity contribution in [2.45, 2.75) is 32.2 Å². The van der Waals surface area contributed by atoms with Gasteiger partial charge in [0.05, 0.1) is 0 Å². The van der Waals surface area contributed by atoms with Crippen molar-refractivity contribution in [1.29, 1.82) is 0 Å². The first-order valence-corrected chi connectivity index (χ1v) is 5.40. The molecule has 1 aliphatic rings. The Morgan fingerprint density at radius 1 is 1.40 bits per heavy atom. The molecule has 1 fully saturated rings. The first-order valence-electron chi connectivity index (χ1n) is 5.40. The minimum Gasteiger partial charge on any atom is -0.505 e. The van der Waals surface area contributed by atoms with Crippen LogP contribution in [0.25, 0.3) is 0 Å². The number of benzene rings is 1. The normalized spacial score (nSPS) is 25.5. The number of aromatic hydroxyl groups is 1. The molecule has 1 aliphatic carbocycles. The van der Waals surface area contributed by atoms with Gasteiger partial charge in [-0.1, -0.05) is 6.92 Å². The molecule has 0 radical (unpaired) electrons. The molecule has 0 amide bonds. The summed E-state index contributed by atoms with van der Waals surface area (Å²) in [6, 6.07) is 4.89. The summed E-state index contributed by atoms with van der Waals surface area (Å²) < 4.78 is 13.0. The van der Waals surface area contributed by atoms with E-state index < -0.39 is 5.82 Å². The molecule has 15 heavy (non-hydrogen) atoms. The molecule has 0 bridgehead atoms. The Morgan fingerprint density at radius 3 is 2.80 bits per heavy atom. The highest BCUT2D eigenvalue weighted by atomic mass is 19.1. The second-order valence-electron chi connectivity index (χ2n) is 4.43. The fourth-order valence-corrected chi connectivity index (χ4v) is 2.17. The molecule has 2 N–H and O–H groups in total. The van der Waals surface area contributed by atoms with Gasteiger partial charge in [-0.05, 0) is 37.3 Å². The first-order chi connectivity index (χ1) is 7.15. The molecule has 1 aromatic rings. The van der Waals surface area contributed by atoms with Gasteiger partial charge in [0.2, 0.25) is 0 Å². The van der Waals surface area contributed by atoms with E-state index in [2.05, 4.69) is 12.2 Å². The molecule has 2 atom stereocenters. The average molecular weight is 209 g/mol. The standard InChI is InChI=1S/C12H16FNO/c1-8-2-3-9(6-8)14-10-4-5-12(15)11(13)7-10/h4-5,7-9,14-15H,2-3,6H2,1H3. The number of halogens is 1. The van der Waals surface area contributed by atoms with E-state index in [1.54, 1.807) is 6.07 Å². The zero-order valence-electron chi connectivity index (χ0n) is 8.83. The molecule has 82 valence electrons. The van der Waals surface area contributed by atoms with Crippen LogP contribution < -0.4 is 5.32 Å². The summed E-state index contributed by atoms with van der Waals surface area (Å²) in [5.74, 6) is -0.101. The van der Waals surface area contributed by atoms with Crippen LogP contribution in [0, 0.1) is 11.7 Å². The van der Waals surface area contributed by atoms with E-state index in [9.17, 15) is 4.39 Å². The third-order valence-electron chi connectivity index (χ3n) is 3.01. The van der Waals surface area contributed by atoms with Crippen molar-refractivity contribution in [2.75, 3.05) is 5.32 Å². The number of anilines is 1. The van der Waals surface area contributed by atoms with Gasteiger partial charge in [0.25, 0.3) is 0 Å². The third-order valence-corrected chi connectivity index (χ3v) is 3.01. The smallest absolute Gasteiger partial charge is 0.166 e. The summed E-state index contributed by atoms with van der Waals surface area (Å²) in [7, 11) is 0. The minimum atomic E-state index is -0.564. The molecule has 2 unspecified atom stereocenters. The van der Waals surface area contributed by atoms with Gasteiger partial charge in [0.15, 0.2) is 11.6 Å². The minimum absolute atomic E-state index is 0.291. The Labute approximate surface area is 89.1 Å². The predicted molar refractivity (Wildman–Crippen MR) is 58.5 cm³/mol. The van der Waals surface area contributed by atoms with Crippen LogP contribution in [-0.4, -0.2) is 11.1 Å². The number of hydrogen-bond acceptors (Lipinski definition) is 2. The topological polar surface area (TPSA) is 32.3 Å². The lowest BCUT2D eigenvalue weighted by Crippen LogP contribution is -2.15. The maximum Gasteiger partial charge on any atom is 0.166 e. The molecule has 0 spiro atoms. The van der Waals surface area contributed by atoms with E-state index in [1.807, 2.05) is 0 Å². The Hall–Kier alpha value is -1.25. The van der Waals surface area contributed by atoms with E-state index in [-0.39, 0.29) is 5.75 Å². The van der Waals surface area contributed by atoms with E-state index in [1.165, 1.54) is 18.6 Å². The highest BCUT2D eigenvalue weighted by molar-refractivity contribution is 5.47. The predicted octanol–water partition coefficient (Wildman–Crippen LogP) is 3.13. The van der Waals surface area contributed by atoms with E-state index in [4.69, 9.17) is 5.11 Å². The molecule has 0 heterocycles. The Kier molecular flexibility index (Phi) is 2.80. The first kappa shape index (κ1) is 10.3. The van der Waals surface area contributed by atoms with Crippen molar-refractivity contribution >= 4 is 5.69 Å². The van der Waals surface area contributed by atoms with Crippen molar-refractivity contribution in [2.24, 2.45) is 5.92 Å². The maximum atomic E-state index is 13.0. The zero-order valence-corrected chi connectivity index (χ0v) is 8.83. The molecule has 0 saturated heterocycles. The average Bonchev–Trinajstić information content (AvgIpc) is 2.58. The quantitative estimate of drug-likeness (QED) is 0.733. The zero-order chi connectivity index (χ0) is 10.8. The van der Waals surface area contributed by atoms with Gasteiger partial charge >= 0.3 is 0 Å². The summed E-state index contributed by atoms with van der Waals surface area (Å²) in [6.45, 7) is 2.24. The second-order valence-corrected chi connectivity index (χ2v) is 4.43. The van der Waals surface area contributed by atoms with Crippen LogP contribution in [0.1, 0.15) is 26.2 Å². The SMILES string of the molecule is CC1CCC(Nc2ccc(O)c(F)c2)C1. The lowest BCUT2D eigenvalue weighted by Gasteiger charge is -2.14. The highest BCUT2D eigenvalue weighted by Gasteiger charge is 2.20. The number of rotatable bonds is 2. The van der Waals surface area contributed by atoms with Gasteiger partial charge in [0, 0.05) is 17.8 Å². The number of phenolic OH excluding ortho intramolecular Hbond substituents is 1. The lowest BCUT2D eigenvalue weighted by atomic mass is 10.1. The number of phenols is 1. The maximum absolute atomic E-state index is 13.0. The summed E-state index contributed by atoms with van der Waals surface area (Å²) in [5, 5.41) is 12.3. The van der Waals surface area contributed by atoms with E-state index in [0.717, 1.165) is 24.4 Å². The lowest BCUT2D eigenvalue weighted by molar-refractivity contribution is 0.432. The monoisotopic (exact) mass is 209 g/mol. The van der Waals surface area contributed by atoms with Crippen molar-refractivity contribution in [3.63, 3.8) is 0 Å². The van der Waals surface area contributed by atoms with Crippen LogP contribution in [0.2, 0.25) is 0 Å². The molecule has 3 heteroatoms. The Balaban J connectivity index is 2.02. The third kappa shape index (κ3) is 2.41. The molecule has 2 rings (SSSR count). The molecule has 2 nitrogen and oxygen atoms in total. The fraction of sp³-hybridized carbons (Fsp3) is 0.500. The van der Waals surface area contributed by atoms with Crippen LogP contribution in [0.4, 0.5) is 10.1 Å². The van der Waals surface area contributed by atoms with Gasteiger partial charge in [-0.3, -0.25) is 0 Å². The largest absolute Gasteiger partial charge is 0.505 e. The molecule has 1 saturated carbocycles. The van der Waals surface area contributed by atoms with Crippen LogP contribution >= 0.6 is 0 Å². The van der Waals surface area contributed by atoms with Gasteiger partial charge in [0.1, 0.15) is 0 Å². The van der Waals surface area contributed by atoms with Gasteiger partial charge < -0.3 is 10.4 Å². The van der Waals surface area contributed by atoms with Gasteiger partial charge in [-0.15, -0.1) is 0 Å². The fourth-order valence-electron chi connectivity index (χ4n) is 2.17. The molecule has 0 aliphatic heterocycles. The van der Waals surface area contributed by atoms with Gasteiger partial charge in [-0.2, -0.15) is 0 Å². The van der Waals surface area contributed by atoms with Crippen LogP contribution in [0.15, 0.2) is 18.2 Å². The Morgan fingerprint density at radius 2 is 2.20 bits per heavy atom. The van der Waals surface area contributed by atoms with Crippen molar-refractivity contribution in [3.8, 4) is 5.75 Å². The highest BCUT2D eigenvalue weighted by Crippen LogP contribution is 2.28. The summed E-state index contributed by atoms with van der Waals surface area (Å²) in [4.78, 5) is 0. The van der Waals surface area contributed by atoms with Crippen molar-refractivity contribution in [3.05, 3.63) is 24.0 Å². The summed E-state index contributed by atoms with van der Waals surface area (Å²) in [6.07, 6.45) is 3.52. The van der Waals surface area contributed by atoms with E-state index >= 15 is 0 Å². The molecular weight excluding hydrogens is 193 g/mol. The molecular formula is C12H16FNO. The van der Waals surface area contributed by atoms with Crippen LogP contribution in [0.5, 0.6) is 5.75 Å². The van der Waals surface area contributed by atoms with E-state index in [0.29, 0.717) is 6.04 Å². The van der Waals surface area contributed by atoms with Crippen molar-refractivity contribution < 1.29 is 9.50 Å². The Bertz CT molecular complexity index is 353. The van der Waals surface area contributed by atoms with Gasteiger partial charge in [-0.25, -0.2) is 4.39 Å². The second kappa shape index (κ2) is 4.09. The summed E-state index contributed by atoms with van der Waals surface area (Å²) in [5.41, 5.74) is 0.754. The molecule has 1 aromatic carbocycles. The number of nitrogens with one attached hydrogen (secondary N) is 1. The van der Waals surface area contributed by atoms with Crippen LogP contribution in [-0.2, 0) is 0 Å². The summed E-state index contributed by atoms with van der Waals surface area (Å²) >= 11 is 0. The molecule has 0 aromatic heterocycles.